The number of carbonyl (C=O) groups excluding carboxylic acids is 1. The van der Waals surface area contributed by atoms with E-state index in [0.717, 1.165) is 12.0 Å². The Kier molecular flexibility index (Phi) is 5.36. The van der Waals surface area contributed by atoms with Crippen LogP contribution in [0.5, 0.6) is 0 Å². The molecule has 0 aliphatic heterocycles. The van der Waals surface area contributed by atoms with E-state index in [1.54, 1.807) is 13.2 Å². The smallest absolute Gasteiger partial charge is 0.253 e. The second-order valence-corrected chi connectivity index (χ2v) is 5.63. The zero-order valence-corrected chi connectivity index (χ0v) is 12.2. The average molecular weight is 264 g/mol. The molecule has 0 heterocycles. The molecule has 0 saturated heterocycles. The van der Waals surface area contributed by atoms with Crippen LogP contribution in [0.3, 0.4) is 0 Å². The summed E-state index contributed by atoms with van der Waals surface area (Å²) in [5, 5.41) is 2.94. The van der Waals surface area contributed by atoms with Crippen LogP contribution in [0.25, 0.3) is 0 Å². The van der Waals surface area contributed by atoms with Gasteiger partial charge in [-0.2, -0.15) is 0 Å². The van der Waals surface area contributed by atoms with E-state index in [9.17, 15) is 4.79 Å². The minimum absolute atomic E-state index is 0.00422. The first-order valence-corrected chi connectivity index (χ1v) is 6.49. The predicted octanol–water partition coefficient (Wildman–Crippen LogP) is 2.37. The second-order valence-electron chi connectivity index (χ2n) is 5.63. The number of amides is 1. The zero-order chi connectivity index (χ0) is 14.5. The first-order chi connectivity index (χ1) is 8.87. The van der Waals surface area contributed by atoms with Crippen molar-refractivity contribution in [1.82, 2.24) is 5.32 Å². The van der Waals surface area contributed by atoms with Crippen LogP contribution in [0, 0.1) is 12.3 Å². The van der Waals surface area contributed by atoms with E-state index < -0.39 is 0 Å². The lowest BCUT2D eigenvalue weighted by molar-refractivity contribution is 0.0921. The van der Waals surface area contributed by atoms with E-state index in [2.05, 4.69) is 19.2 Å². The minimum atomic E-state index is -0.119. The maximum Gasteiger partial charge on any atom is 0.253 e. The lowest BCUT2D eigenvalue weighted by Gasteiger charge is -2.24. The normalized spacial score (nSPS) is 11.4. The molecule has 4 nitrogen and oxygen atoms in total. The van der Waals surface area contributed by atoms with Crippen molar-refractivity contribution < 1.29 is 9.53 Å². The van der Waals surface area contributed by atoms with Gasteiger partial charge >= 0.3 is 0 Å². The Morgan fingerprint density at radius 2 is 2.11 bits per heavy atom. The summed E-state index contributed by atoms with van der Waals surface area (Å²) >= 11 is 0. The lowest BCUT2D eigenvalue weighted by Crippen LogP contribution is -2.35. The number of ether oxygens (including phenoxy) is 1. The van der Waals surface area contributed by atoms with Gasteiger partial charge in [0.25, 0.3) is 5.91 Å². The lowest BCUT2D eigenvalue weighted by atomic mass is 9.89. The number of nitrogens with one attached hydrogen (secondary N) is 1. The van der Waals surface area contributed by atoms with E-state index in [0.29, 0.717) is 24.4 Å². The molecule has 1 rings (SSSR count). The van der Waals surface area contributed by atoms with Crippen molar-refractivity contribution in [3.05, 3.63) is 29.3 Å². The summed E-state index contributed by atoms with van der Waals surface area (Å²) in [6.07, 6.45) is 0.896. The zero-order valence-electron chi connectivity index (χ0n) is 12.2. The number of nitrogens with two attached hydrogens (primary N) is 1. The van der Waals surface area contributed by atoms with Gasteiger partial charge in [0.1, 0.15) is 0 Å². The van der Waals surface area contributed by atoms with Gasteiger partial charge in [-0.25, -0.2) is 0 Å². The molecule has 0 unspecified atom stereocenters. The Labute approximate surface area is 115 Å². The first-order valence-electron chi connectivity index (χ1n) is 6.49. The summed E-state index contributed by atoms with van der Waals surface area (Å²) in [5.74, 6) is -0.119. The molecule has 1 aromatic carbocycles. The van der Waals surface area contributed by atoms with Gasteiger partial charge < -0.3 is 15.8 Å². The van der Waals surface area contributed by atoms with Crippen LogP contribution >= 0.6 is 0 Å². The van der Waals surface area contributed by atoms with Gasteiger partial charge in [-0.15, -0.1) is 0 Å². The number of aryl methyl sites for hydroxylation is 1. The molecule has 0 aliphatic rings. The Morgan fingerprint density at radius 3 is 2.74 bits per heavy atom. The van der Waals surface area contributed by atoms with E-state index in [1.165, 1.54) is 0 Å². The van der Waals surface area contributed by atoms with Crippen LogP contribution in [0.1, 0.15) is 36.2 Å². The highest BCUT2D eigenvalue weighted by Gasteiger charge is 2.19. The van der Waals surface area contributed by atoms with Gasteiger partial charge in [-0.1, -0.05) is 26.0 Å². The van der Waals surface area contributed by atoms with Crippen LogP contribution in [-0.2, 0) is 4.74 Å². The average Bonchev–Trinajstić information content (AvgIpc) is 2.37. The predicted molar refractivity (Wildman–Crippen MR) is 78.2 cm³/mol. The molecule has 0 spiro atoms. The molecule has 0 aromatic heterocycles. The van der Waals surface area contributed by atoms with Crippen molar-refractivity contribution in [3.63, 3.8) is 0 Å². The van der Waals surface area contributed by atoms with E-state index >= 15 is 0 Å². The first kappa shape index (κ1) is 15.5. The van der Waals surface area contributed by atoms with Crippen molar-refractivity contribution in [2.24, 2.45) is 5.41 Å². The van der Waals surface area contributed by atoms with Crippen molar-refractivity contribution in [2.75, 3.05) is 26.0 Å². The molecule has 1 aromatic rings. The fraction of sp³-hybridized carbons (Fsp3) is 0.533. The van der Waals surface area contributed by atoms with Gasteiger partial charge in [0, 0.05) is 25.9 Å². The highest BCUT2D eigenvalue weighted by Crippen LogP contribution is 2.20. The SMILES string of the molecule is COCCC(C)(C)CNC(=O)c1cccc(C)c1N. The number of methoxy groups -OCH3 is 1. The van der Waals surface area contributed by atoms with Crippen molar-refractivity contribution in [2.45, 2.75) is 27.2 Å². The third kappa shape index (κ3) is 4.56. The number of rotatable bonds is 6. The molecular weight excluding hydrogens is 240 g/mol. The fourth-order valence-corrected chi connectivity index (χ4v) is 1.76. The van der Waals surface area contributed by atoms with Crippen molar-refractivity contribution in [3.8, 4) is 0 Å². The summed E-state index contributed by atoms with van der Waals surface area (Å²) in [4.78, 5) is 12.1. The monoisotopic (exact) mass is 264 g/mol. The van der Waals surface area contributed by atoms with E-state index in [-0.39, 0.29) is 11.3 Å². The van der Waals surface area contributed by atoms with Crippen molar-refractivity contribution in [1.29, 1.82) is 0 Å². The molecule has 0 radical (unpaired) electrons. The molecule has 0 fully saturated rings. The Balaban J connectivity index is 2.63. The van der Waals surface area contributed by atoms with Crippen LogP contribution in [0.4, 0.5) is 5.69 Å². The molecule has 0 aliphatic carbocycles. The molecule has 0 atom stereocenters. The fourth-order valence-electron chi connectivity index (χ4n) is 1.76. The summed E-state index contributed by atoms with van der Waals surface area (Å²) in [7, 11) is 1.68. The summed E-state index contributed by atoms with van der Waals surface area (Å²) in [6.45, 7) is 7.39. The quantitative estimate of drug-likeness (QED) is 0.775. The second kappa shape index (κ2) is 6.57. The van der Waals surface area contributed by atoms with Crippen LogP contribution < -0.4 is 11.1 Å². The summed E-state index contributed by atoms with van der Waals surface area (Å²) < 4.78 is 5.07. The maximum absolute atomic E-state index is 12.1. The number of anilines is 1. The number of carbonyl (C=O) groups is 1. The molecule has 4 heteroatoms. The van der Waals surface area contributed by atoms with Gasteiger partial charge in [-0.05, 0) is 30.4 Å². The standard InChI is InChI=1S/C15H24N2O2/c1-11-6-5-7-12(13(11)16)14(18)17-10-15(2,3)8-9-19-4/h5-7H,8-10,16H2,1-4H3,(H,17,18). The highest BCUT2D eigenvalue weighted by molar-refractivity contribution is 5.99. The number of para-hydroxylation sites is 1. The molecular formula is C15H24N2O2. The van der Waals surface area contributed by atoms with Crippen molar-refractivity contribution >= 4 is 11.6 Å². The van der Waals surface area contributed by atoms with Crippen LogP contribution in [0.2, 0.25) is 0 Å². The number of hydrogen-bond acceptors (Lipinski definition) is 3. The molecule has 106 valence electrons. The van der Waals surface area contributed by atoms with Gasteiger partial charge in [0.15, 0.2) is 0 Å². The van der Waals surface area contributed by atoms with Gasteiger partial charge in [0.05, 0.1) is 5.56 Å². The molecule has 0 saturated carbocycles. The number of hydrogen-bond donors (Lipinski definition) is 2. The Hall–Kier alpha value is -1.55. The van der Waals surface area contributed by atoms with Crippen LogP contribution in [-0.4, -0.2) is 26.2 Å². The number of nitrogen functional groups attached to an aromatic ring is 1. The third-order valence-corrected chi connectivity index (χ3v) is 3.28. The van der Waals surface area contributed by atoms with Crippen LogP contribution in [0.15, 0.2) is 18.2 Å². The largest absolute Gasteiger partial charge is 0.398 e. The molecule has 3 N–H and O–H groups in total. The summed E-state index contributed by atoms with van der Waals surface area (Å²) in [6, 6.07) is 5.49. The molecule has 1 amide bonds. The summed E-state index contributed by atoms with van der Waals surface area (Å²) in [5.41, 5.74) is 7.94. The molecule has 0 bridgehead atoms. The maximum atomic E-state index is 12.1. The highest BCUT2D eigenvalue weighted by atomic mass is 16.5. The third-order valence-electron chi connectivity index (χ3n) is 3.28. The van der Waals surface area contributed by atoms with E-state index in [1.807, 2.05) is 19.1 Å². The van der Waals surface area contributed by atoms with Gasteiger partial charge in [-0.3, -0.25) is 4.79 Å². The topological polar surface area (TPSA) is 64.3 Å². The van der Waals surface area contributed by atoms with Gasteiger partial charge in [0.2, 0.25) is 0 Å². The molecule has 19 heavy (non-hydrogen) atoms. The Bertz CT molecular complexity index is 442. The minimum Gasteiger partial charge on any atom is -0.398 e. The Morgan fingerprint density at radius 1 is 1.42 bits per heavy atom. The van der Waals surface area contributed by atoms with E-state index in [4.69, 9.17) is 10.5 Å². The number of benzene rings is 1.